The topological polar surface area (TPSA) is 151 Å². The molecule has 0 spiro atoms. The first-order valence-electron chi connectivity index (χ1n) is 18.9. The van der Waals surface area contributed by atoms with Crippen molar-refractivity contribution in [1.82, 2.24) is 19.5 Å². The summed E-state index contributed by atoms with van der Waals surface area (Å²) in [5.41, 5.74) is 2.60. The molecule has 0 saturated heterocycles. The van der Waals surface area contributed by atoms with Crippen LogP contribution < -0.4 is 14.8 Å². The molecule has 0 atom stereocenters. The average Bonchev–Trinajstić information content (AvgIpc) is 3.55. The van der Waals surface area contributed by atoms with Gasteiger partial charge in [0, 0.05) is 31.6 Å². The van der Waals surface area contributed by atoms with Gasteiger partial charge in [0.25, 0.3) is 10.0 Å². The lowest BCUT2D eigenvalue weighted by molar-refractivity contribution is -0.929. The number of quaternary nitrogens is 1. The number of unbranched alkanes of at least 4 members (excludes halogenated alkanes) is 4. The quantitative estimate of drug-likeness (QED) is 0.0607. The number of hydrogen-bond acceptors (Lipinski definition) is 9. The summed E-state index contributed by atoms with van der Waals surface area (Å²) in [6.07, 6.45) is 13.5. The number of sulfonamides is 1. The molecule has 0 unspecified atom stereocenters. The molecule has 2 aromatic carbocycles. The maximum Gasteiger partial charge on any atom is 0.282 e. The number of para-hydroxylation sites is 2. The van der Waals surface area contributed by atoms with Crippen LogP contribution in [0.2, 0.25) is 0 Å². The number of methoxy groups -OCH3 is 1. The normalized spacial score (nSPS) is 11.7. The maximum atomic E-state index is 13.1. The van der Waals surface area contributed by atoms with Crippen LogP contribution in [-0.4, -0.2) is 82.5 Å². The lowest BCUT2D eigenvalue weighted by Gasteiger charge is -2.39. The van der Waals surface area contributed by atoms with Crippen LogP contribution in [0.4, 0.5) is 17.3 Å². The Balaban J connectivity index is 0.000000363. The van der Waals surface area contributed by atoms with Crippen LogP contribution in [0.5, 0.6) is 5.75 Å². The Morgan fingerprint density at radius 1 is 0.788 bits per heavy atom. The van der Waals surface area contributed by atoms with E-state index < -0.39 is 16.6 Å². The van der Waals surface area contributed by atoms with Gasteiger partial charge in [0.2, 0.25) is 0 Å². The third-order valence-electron chi connectivity index (χ3n) is 9.29. The molecule has 52 heavy (non-hydrogen) atoms. The smallest absolute Gasteiger partial charge is 0.282 e. The summed E-state index contributed by atoms with van der Waals surface area (Å²) >= 11 is 0. The van der Waals surface area contributed by atoms with Crippen molar-refractivity contribution in [1.29, 1.82) is 0 Å². The van der Waals surface area contributed by atoms with Gasteiger partial charge >= 0.3 is 0 Å². The number of anilines is 3. The molecule has 0 amide bonds. The van der Waals surface area contributed by atoms with Gasteiger partial charge in [-0.25, -0.2) is 15.0 Å². The number of ether oxygens (including phenoxy) is 1. The van der Waals surface area contributed by atoms with Crippen LogP contribution >= 0.6 is 0 Å². The van der Waals surface area contributed by atoms with E-state index in [0.717, 1.165) is 5.56 Å². The van der Waals surface area contributed by atoms with E-state index in [-0.39, 0.29) is 29.1 Å². The monoisotopic (exact) mass is 740 g/mol. The van der Waals surface area contributed by atoms with Crippen molar-refractivity contribution in [3.8, 4) is 5.75 Å². The van der Waals surface area contributed by atoms with Crippen molar-refractivity contribution >= 4 is 38.4 Å². The minimum atomic E-state index is -4.14. The first kappa shape index (κ1) is 42.6. The molecule has 0 aliphatic carbocycles. The minimum Gasteiger partial charge on any atom is -0.497 e. The number of nitrogens with one attached hydrogen (secondary N) is 2. The number of nitrogens with zero attached hydrogens (tertiary/aromatic N) is 5. The summed E-state index contributed by atoms with van der Waals surface area (Å²) in [5, 5.41) is 21.6. The van der Waals surface area contributed by atoms with Crippen molar-refractivity contribution in [3.05, 3.63) is 60.0 Å². The van der Waals surface area contributed by atoms with Crippen molar-refractivity contribution in [3.63, 3.8) is 0 Å². The van der Waals surface area contributed by atoms with Crippen LogP contribution in [0.3, 0.4) is 0 Å². The zero-order valence-electron chi connectivity index (χ0n) is 32.2. The number of hydrogen-bond donors (Lipinski definition) is 4. The number of fused-ring (bicyclic) bond motifs is 1. The third kappa shape index (κ3) is 12.4. The second-order valence-corrected chi connectivity index (χ2v) is 15.0. The van der Waals surface area contributed by atoms with Gasteiger partial charge in [0.1, 0.15) is 18.2 Å². The number of aryl methyl sites for hydroxylation is 2. The van der Waals surface area contributed by atoms with Gasteiger partial charge in [-0.05, 0) is 62.3 Å². The fraction of sp³-hybridized carbons (Fsp3) is 0.564. The van der Waals surface area contributed by atoms with Gasteiger partial charge in [0.05, 0.1) is 44.3 Å². The summed E-state index contributed by atoms with van der Waals surface area (Å²) < 4.78 is 36.9. The molecule has 0 fully saturated rings. The Morgan fingerprint density at radius 3 is 1.83 bits per heavy atom. The zero-order chi connectivity index (χ0) is 38.0. The van der Waals surface area contributed by atoms with Gasteiger partial charge in [0.15, 0.2) is 16.7 Å². The van der Waals surface area contributed by atoms with Gasteiger partial charge < -0.3 is 29.3 Å². The van der Waals surface area contributed by atoms with Crippen LogP contribution in [0, 0.1) is 0 Å². The van der Waals surface area contributed by atoms with E-state index in [2.05, 4.69) is 52.7 Å². The van der Waals surface area contributed by atoms with E-state index in [1.54, 1.807) is 38.4 Å². The fourth-order valence-electron chi connectivity index (χ4n) is 6.15. The molecule has 2 heterocycles. The summed E-state index contributed by atoms with van der Waals surface area (Å²) in [6, 6.07) is 12.6. The van der Waals surface area contributed by atoms with Crippen LogP contribution in [0.25, 0.3) is 11.0 Å². The molecule has 0 bridgehead atoms. The molecule has 12 nitrogen and oxygen atoms in total. The highest BCUT2D eigenvalue weighted by Gasteiger charge is 2.25. The number of benzene rings is 2. The summed E-state index contributed by atoms with van der Waals surface area (Å²) in [7, 11) is -0.994. The van der Waals surface area contributed by atoms with E-state index in [9.17, 15) is 18.6 Å². The van der Waals surface area contributed by atoms with E-state index in [4.69, 9.17) is 4.74 Å². The number of aliphatic hydroxyl groups is 2. The van der Waals surface area contributed by atoms with Gasteiger partial charge in [-0.15, -0.1) is 0 Å². The van der Waals surface area contributed by atoms with Gasteiger partial charge in [-0.1, -0.05) is 71.6 Å². The second-order valence-electron chi connectivity index (χ2n) is 13.4. The molecule has 4 rings (SSSR count). The Labute approximate surface area is 311 Å². The summed E-state index contributed by atoms with van der Waals surface area (Å²) in [5.74, 6) is 0.972. The molecule has 0 radical (unpaired) electrons. The molecule has 0 aliphatic rings. The lowest BCUT2D eigenvalue weighted by Crippen LogP contribution is -2.50. The molecule has 4 N–H and O–H groups in total. The largest absolute Gasteiger partial charge is 0.497 e. The SMILES string of the molecule is CCCC[N+](CCCC)(CCCC)CCCC.COc1ccc(CCCO)c(Nc2nc3ccccc3nc2NS(=O)(=O)c2cn(C)c(CO)n2)c1. The van der Waals surface area contributed by atoms with E-state index in [0.29, 0.717) is 35.3 Å². The Bertz CT molecular complexity index is 1730. The number of aromatic nitrogens is 4. The first-order valence-corrected chi connectivity index (χ1v) is 20.4. The molecule has 2 aromatic heterocycles. The zero-order valence-corrected chi connectivity index (χ0v) is 33.0. The molecule has 13 heteroatoms. The predicted octanol–water partition coefficient (Wildman–Crippen LogP) is 7.34. The molecule has 0 aliphatic heterocycles. The van der Waals surface area contributed by atoms with Crippen molar-refractivity contribution < 1.29 is 27.9 Å². The lowest BCUT2D eigenvalue weighted by atomic mass is 10.1. The van der Waals surface area contributed by atoms with Crippen LogP contribution in [0.1, 0.15) is 96.9 Å². The Hall–Kier alpha value is -3.78. The molecule has 4 aromatic rings. The predicted molar refractivity (Wildman–Crippen MR) is 211 cm³/mol. The van der Waals surface area contributed by atoms with Gasteiger partial charge in [-0.2, -0.15) is 8.42 Å². The van der Waals surface area contributed by atoms with Crippen molar-refractivity contribution in [2.45, 2.75) is 104 Å². The first-order chi connectivity index (χ1) is 25.1. The van der Waals surface area contributed by atoms with E-state index >= 15 is 0 Å². The highest BCUT2D eigenvalue weighted by atomic mass is 32.2. The molecule has 0 saturated carbocycles. The summed E-state index contributed by atoms with van der Waals surface area (Å²) in [4.78, 5) is 13.1. The van der Waals surface area contributed by atoms with Crippen LogP contribution in [-0.2, 0) is 30.1 Å². The van der Waals surface area contributed by atoms with E-state index in [1.807, 2.05) is 18.2 Å². The van der Waals surface area contributed by atoms with Crippen molar-refractivity contribution in [2.75, 3.05) is 49.9 Å². The second kappa shape index (κ2) is 21.7. The fourth-order valence-corrected chi connectivity index (χ4v) is 7.17. The molecular weight excluding hydrogens is 679 g/mol. The average molecular weight is 741 g/mol. The number of rotatable bonds is 22. The third-order valence-corrected chi connectivity index (χ3v) is 10.5. The maximum absolute atomic E-state index is 13.1. The highest BCUT2D eigenvalue weighted by Crippen LogP contribution is 2.31. The highest BCUT2D eigenvalue weighted by molar-refractivity contribution is 7.92. The molecular formula is C39H62N7O5S+. The van der Waals surface area contributed by atoms with Gasteiger partial charge in [-0.3, -0.25) is 4.72 Å². The van der Waals surface area contributed by atoms with Crippen LogP contribution in [0.15, 0.2) is 53.7 Å². The number of imidazole rings is 1. The number of aliphatic hydroxyl groups excluding tert-OH is 2. The molecule has 288 valence electrons. The minimum absolute atomic E-state index is 0.0178. The Kier molecular flexibility index (Phi) is 17.8. The van der Waals surface area contributed by atoms with Crippen molar-refractivity contribution in [2.24, 2.45) is 7.05 Å². The summed E-state index contributed by atoms with van der Waals surface area (Å²) in [6.45, 7) is 14.7. The Morgan fingerprint density at radius 2 is 1.35 bits per heavy atom. The van der Waals surface area contributed by atoms with E-state index in [1.165, 1.54) is 92.8 Å². The standard InChI is InChI=1S/C23H26N6O5S.C16H36N/c1-29-13-21(27-20(29)14-31)35(32,33)28-23-22(24-17-7-3-4-8-18(17)25-23)26-19-12-16(34-2)10-9-15(19)6-5-11-30;1-5-9-13-17(14-10-6-2,15-11-7-3)16-12-8-4/h3-4,7-10,12-13,30-31H,5-6,11,14H2,1-2H3,(H,24,26)(H,25,28);5-16H2,1-4H3/q;+1.